The number of anilines is 1. The number of carbonyl (C=O) groups is 1. The van der Waals surface area contributed by atoms with Crippen molar-refractivity contribution in [1.82, 2.24) is 5.32 Å². The normalized spacial score (nSPS) is 13.7. The first-order chi connectivity index (χ1) is 16.6. The summed E-state index contributed by atoms with van der Waals surface area (Å²) in [6, 6.07) is 17.4. The Labute approximate surface area is 206 Å². The summed E-state index contributed by atoms with van der Waals surface area (Å²) in [5, 5.41) is 2.93. The smallest absolute Gasteiger partial charge is 0.264 e. The Balaban J connectivity index is 1.61. The number of fused-ring (bicyclic) bond motifs is 1. The maximum absolute atomic E-state index is 13.7. The molecule has 1 unspecified atom stereocenters. The van der Waals surface area contributed by atoms with Gasteiger partial charge in [-0.2, -0.15) is 0 Å². The van der Waals surface area contributed by atoms with E-state index >= 15 is 0 Å². The van der Waals surface area contributed by atoms with Gasteiger partial charge in [0.25, 0.3) is 10.0 Å². The molecular weight excluding hydrogens is 464 g/mol. The average Bonchev–Trinajstić information content (AvgIpc) is 2.84. The second-order valence-corrected chi connectivity index (χ2v) is 10.7. The zero-order valence-corrected chi connectivity index (χ0v) is 21.2. The number of rotatable bonds is 7. The van der Waals surface area contributed by atoms with E-state index in [4.69, 9.17) is 9.47 Å². The molecule has 3 aromatic rings. The minimum atomic E-state index is -3.98. The molecule has 1 atom stereocenters. The van der Waals surface area contributed by atoms with Crippen molar-refractivity contribution < 1.29 is 22.7 Å². The van der Waals surface area contributed by atoms with E-state index in [1.165, 1.54) is 4.31 Å². The van der Waals surface area contributed by atoms with Gasteiger partial charge in [-0.3, -0.25) is 9.10 Å². The number of benzene rings is 3. The lowest BCUT2D eigenvalue weighted by atomic mass is 10.1. The third-order valence-corrected chi connectivity index (χ3v) is 7.75. The molecule has 0 bridgehead atoms. The van der Waals surface area contributed by atoms with E-state index in [0.29, 0.717) is 30.4 Å². The molecule has 1 N–H and O–H groups in total. The number of nitrogens with one attached hydrogen (secondary N) is 1. The van der Waals surface area contributed by atoms with Crippen molar-refractivity contribution in [2.24, 2.45) is 0 Å². The molecular formula is C27H30N2O5S. The summed E-state index contributed by atoms with van der Waals surface area (Å²) in [6.07, 6.45) is 0. The molecule has 0 spiro atoms. The van der Waals surface area contributed by atoms with Crippen LogP contribution in [0.5, 0.6) is 11.5 Å². The van der Waals surface area contributed by atoms with Gasteiger partial charge in [0.1, 0.15) is 19.8 Å². The molecule has 0 aromatic heterocycles. The Kier molecular flexibility index (Phi) is 7.03. The summed E-state index contributed by atoms with van der Waals surface area (Å²) in [5.41, 5.74) is 3.93. The second-order valence-electron chi connectivity index (χ2n) is 8.81. The van der Waals surface area contributed by atoms with E-state index in [1.54, 1.807) is 30.3 Å². The summed E-state index contributed by atoms with van der Waals surface area (Å²) in [6.45, 7) is 8.09. The van der Waals surface area contributed by atoms with Gasteiger partial charge in [0.15, 0.2) is 11.5 Å². The predicted molar refractivity (Wildman–Crippen MR) is 136 cm³/mol. The number of sulfonamides is 1. The van der Waals surface area contributed by atoms with E-state index in [-0.39, 0.29) is 17.5 Å². The van der Waals surface area contributed by atoms with E-state index in [1.807, 2.05) is 58.0 Å². The molecule has 1 aliphatic heterocycles. The van der Waals surface area contributed by atoms with Crippen molar-refractivity contribution in [2.75, 3.05) is 24.1 Å². The fourth-order valence-electron chi connectivity index (χ4n) is 3.96. The topological polar surface area (TPSA) is 84.9 Å². The highest BCUT2D eigenvalue weighted by atomic mass is 32.2. The van der Waals surface area contributed by atoms with E-state index in [9.17, 15) is 13.2 Å². The molecule has 3 aromatic carbocycles. The molecule has 0 fully saturated rings. The van der Waals surface area contributed by atoms with Gasteiger partial charge in [-0.25, -0.2) is 8.42 Å². The Bertz CT molecular complexity index is 1340. The van der Waals surface area contributed by atoms with Crippen molar-refractivity contribution in [3.63, 3.8) is 0 Å². The Hall–Kier alpha value is -3.52. The van der Waals surface area contributed by atoms with Crippen molar-refractivity contribution in [3.05, 3.63) is 82.9 Å². The van der Waals surface area contributed by atoms with Crippen LogP contribution in [0, 0.1) is 20.8 Å². The highest BCUT2D eigenvalue weighted by molar-refractivity contribution is 7.92. The largest absolute Gasteiger partial charge is 0.486 e. The van der Waals surface area contributed by atoms with Gasteiger partial charge in [0.2, 0.25) is 5.91 Å². The van der Waals surface area contributed by atoms with Gasteiger partial charge < -0.3 is 14.8 Å². The lowest BCUT2D eigenvalue weighted by Crippen LogP contribution is -2.42. The Morgan fingerprint density at radius 1 is 0.914 bits per heavy atom. The first-order valence-corrected chi connectivity index (χ1v) is 12.9. The monoisotopic (exact) mass is 494 g/mol. The summed E-state index contributed by atoms with van der Waals surface area (Å²) >= 11 is 0. The van der Waals surface area contributed by atoms with Crippen molar-refractivity contribution in [2.45, 2.75) is 38.6 Å². The minimum absolute atomic E-state index is 0.136. The second kappa shape index (κ2) is 10.00. The van der Waals surface area contributed by atoms with Gasteiger partial charge in [0, 0.05) is 0 Å². The third-order valence-electron chi connectivity index (χ3n) is 5.97. The predicted octanol–water partition coefficient (Wildman–Crippen LogP) is 4.46. The zero-order chi connectivity index (χ0) is 25.2. The summed E-state index contributed by atoms with van der Waals surface area (Å²) in [4.78, 5) is 13.3. The molecule has 7 nitrogen and oxygen atoms in total. The number of hydrogen-bond donors (Lipinski definition) is 1. The molecule has 1 amide bonds. The minimum Gasteiger partial charge on any atom is -0.486 e. The van der Waals surface area contributed by atoms with Crippen molar-refractivity contribution in [1.29, 1.82) is 0 Å². The maximum Gasteiger partial charge on any atom is 0.264 e. The van der Waals surface area contributed by atoms with E-state index in [2.05, 4.69) is 5.32 Å². The highest BCUT2D eigenvalue weighted by Crippen LogP contribution is 2.33. The molecule has 35 heavy (non-hydrogen) atoms. The zero-order valence-electron chi connectivity index (χ0n) is 20.4. The van der Waals surface area contributed by atoms with Crippen LogP contribution in [0.15, 0.2) is 65.6 Å². The summed E-state index contributed by atoms with van der Waals surface area (Å²) in [5.74, 6) is 0.890. The van der Waals surface area contributed by atoms with Crippen molar-refractivity contribution in [3.8, 4) is 11.5 Å². The van der Waals surface area contributed by atoms with Crippen LogP contribution >= 0.6 is 0 Å². The Morgan fingerprint density at radius 2 is 1.57 bits per heavy atom. The maximum atomic E-state index is 13.7. The van der Waals surface area contributed by atoms with E-state index in [0.717, 1.165) is 22.3 Å². The van der Waals surface area contributed by atoms with Gasteiger partial charge in [-0.05, 0) is 74.7 Å². The SMILES string of the molecule is Cc1ccc(S(=O)(=O)N(CC(=O)NC(C)c2ccc3c(c2)OCCO3)c2cc(C)ccc2C)cc1. The molecule has 1 heterocycles. The van der Waals surface area contributed by atoms with Crippen LogP contribution in [0.3, 0.4) is 0 Å². The molecule has 0 saturated carbocycles. The number of amides is 1. The first kappa shape index (κ1) is 24.6. The lowest BCUT2D eigenvalue weighted by Gasteiger charge is -2.27. The van der Waals surface area contributed by atoms with Crippen LogP contribution in [0.1, 0.15) is 35.2 Å². The van der Waals surface area contributed by atoms with Crippen LogP contribution < -0.4 is 19.1 Å². The quantitative estimate of drug-likeness (QED) is 0.524. The number of aryl methyl sites for hydroxylation is 3. The van der Waals surface area contributed by atoms with Gasteiger partial charge in [-0.1, -0.05) is 35.9 Å². The van der Waals surface area contributed by atoms with Gasteiger partial charge >= 0.3 is 0 Å². The standard InChI is InChI=1S/C27H30N2O5S/c1-18-6-10-23(11-7-18)35(31,32)29(24-15-19(2)5-8-20(24)3)17-27(30)28-21(4)22-9-12-25-26(16-22)34-14-13-33-25/h5-12,15-16,21H,13-14,17H2,1-4H3,(H,28,30). The lowest BCUT2D eigenvalue weighted by molar-refractivity contribution is -0.120. The highest BCUT2D eigenvalue weighted by Gasteiger charge is 2.29. The van der Waals surface area contributed by atoms with E-state index < -0.39 is 15.9 Å². The van der Waals surface area contributed by atoms with Crippen molar-refractivity contribution >= 4 is 21.6 Å². The van der Waals surface area contributed by atoms with Crippen LogP contribution in [0.25, 0.3) is 0 Å². The molecule has 184 valence electrons. The number of carbonyl (C=O) groups excluding carboxylic acids is 1. The Morgan fingerprint density at radius 3 is 2.29 bits per heavy atom. The number of ether oxygens (including phenoxy) is 2. The summed E-state index contributed by atoms with van der Waals surface area (Å²) in [7, 11) is -3.98. The molecule has 8 heteroatoms. The van der Waals surface area contributed by atoms with Crippen LogP contribution in [0.2, 0.25) is 0 Å². The molecule has 0 saturated heterocycles. The molecule has 4 rings (SSSR count). The molecule has 1 aliphatic rings. The fraction of sp³-hybridized carbons (Fsp3) is 0.296. The number of nitrogens with zero attached hydrogens (tertiary/aromatic N) is 1. The van der Waals surface area contributed by atoms with Crippen LogP contribution in [-0.4, -0.2) is 34.1 Å². The van der Waals surface area contributed by atoms with Gasteiger partial charge in [0.05, 0.1) is 16.6 Å². The molecule has 0 radical (unpaired) electrons. The summed E-state index contributed by atoms with van der Waals surface area (Å²) < 4.78 is 39.7. The number of hydrogen-bond acceptors (Lipinski definition) is 5. The van der Waals surface area contributed by atoms with Crippen LogP contribution in [-0.2, 0) is 14.8 Å². The third kappa shape index (κ3) is 5.43. The van der Waals surface area contributed by atoms with Crippen LogP contribution in [0.4, 0.5) is 5.69 Å². The fourth-order valence-corrected chi connectivity index (χ4v) is 5.43. The van der Waals surface area contributed by atoms with Gasteiger partial charge in [-0.15, -0.1) is 0 Å². The first-order valence-electron chi connectivity index (χ1n) is 11.5. The molecule has 0 aliphatic carbocycles. The average molecular weight is 495 g/mol.